The molecule has 0 aliphatic heterocycles. The molecule has 0 bridgehead atoms. The molecule has 39 heavy (non-hydrogen) atoms. The van der Waals surface area contributed by atoms with E-state index in [1.165, 1.54) is 60.2 Å². The number of hydrogen-bond donors (Lipinski definition) is 0. The summed E-state index contributed by atoms with van der Waals surface area (Å²) < 4.78 is 0. The number of benzene rings is 2. The molecule has 0 heterocycles. The molecular formula is C37H58P2. The van der Waals surface area contributed by atoms with Gasteiger partial charge in [-0.3, -0.25) is 0 Å². The zero-order chi connectivity index (χ0) is 30.6. The molecule has 2 aromatic carbocycles. The van der Waals surface area contributed by atoms with Gasteiger partial charge in [0.15, 0.2) is 0 Å². The third-order valence-corrected chi connectivity index (χ3v) is 9.83. The summed E-state index contributed by atoms with van der Waals surface area (Å²) in [6.45, 7) is 42.3. The monoisotopic (exact) mass is 564 g/mol. The van der Waals surface area contributed by atoms with E-state index >= 15 is 0 Å². The predicted octanol–water partition coefficient (Wildman–Crippen LogP) is 11.9. The van der Waals surface area contributed by atoms with E-state index in [0.29, 0.717) is 0 Å². The van der Waals surface area contributed by atoms with Crippen molar-refractivity contribution in [2.75, 3.05) is 0 Å². The third-order valence-electron chi connectivity index (χ3n) is 7.52. The van der Waals surface area contributed by atoms with E-state index < -0.39 is 0 Å². The Morgan fingerprint density at radius 2 is 0.718 bits per heavy atom. The van der Waals surface area contributed by atoms with Gasteiger partial charge in [0.05, 0.1) is 0 Å². The molecule has 0 nitrogen and oxygen atoms in total. The van der Waals surface area contributed by atoms with Crippen molar-refractivity contribution in [3.05, 3.63) is 63.2 Å². The Morgan fingerprint density at radius 3 is 0.974 bits per heavy atom. The molecule has 0 saturated heterocycles. The number of rotatable bonds is 1. The van der Waals surface area contributed by atoms with Crippen LogP contribution in [0.25, 0.3) is 0 Å². The second kappa shape index (κ2) is 11.1. The molecule has 0 saturated carbocycles. The minimum atomic E-state index is 0.0392. The van der Waals surface area contributed by atoms with Crippen LogP contribution in [0.1, 0.15) is 164 Å². The van der Waals surface area contributed by atoms with Gasteiger partial charge in [-0.1, -0.05) is 0 Å². The van der Waals surface area contributed by atoms with Crippen LogP contribution in [-0.4, -0.2) is 0 Å². The van der Waals surface area contributed by atoms with Gasteiger partial charge in [0.25, 0.3) is 0 Å². The second-order valence-corrected chi connectivity index (χ2v) is 19.9. The standard InChI is InChI=1S/C37H58P2/c1-32(2,3)24-19-27(34(7,8)9)26(28(20-24)35(10,11)12)23-38-39-31-29(36(13,14)15)21-25(33(4,5)6)22-30(31)37(16,17)18/h19-22H,1-18H3. The maximum absolute atomic E-state index is 3.98. The predicted molar refractivity (Wildman–Crippen MR) is 182 cm³/mol. The van der Waals surface area contributed by atoms with Crippen LogP contribution in [0.3, 0.4) is 0 Å². The van der Waals surface area contributed by atoms with Gasteiger partial charge in [-0.2, -0.15) is 0 Å². The van der Waals surface area contributed by atoms with Gasteiger partial charge >= 0.3 is 247 Å². The molecule has 0 radical (unpaired) electrons. The summed E-state index contributed by atoms with van der Waals surface area (Å²) in [5.74, 6) is 0. The van der Waals surface area contributed by atoms with Crippen LogP contribution in [0.2, 0.25) is 0 Å². The molecule has 0 aliphatic rings. The summed E-state index contributed by atoms with van der Waals surface area (Å²) in [6, 6.07) is 9.91. The molecule has 0 atom stereocenters. The van der Waals surface area contributed by atoms with E-state index in [2.05, 4.69) is 155 Å². The molecule has 216 valence electrons. The third kappa shape index (κ3) is 8.54. The zero-order valence-corrected chi connectivity index (χ0v) is 30.5. The molecule has 2 rings (SSSR count). The first kappa shape index (κ1) is 34.3. The molecule has 0 fully saturated rings. The van der Waals surface area contributed by atoms with Gasteiger partial charge in [-0.05, 0) is 0 Å². The van der Waals surface area contributed by atoms with Crippen molar-refractivity contribution < 1.29 is 0 Å². The summed E-state index contributed by atoms with van der Waals surface area (Å²) in [6.07, 6.45) is 0. The van der Waals surface area contributed by atoms with Crippen LogP contribution < -0.4 is 5.30 Å². The van der Waals surface area contributed by atoms with Crippen LogP contribution in [0.4, 0.5) is 0 Å². The first-order valence-electron chi connectivity index (χ1n) is 14.7. The quantitative estimate of drug-likeness (QED) is 0.302. The normalized spacial score (nSPS) is 14.2. The van der Waals surface area contributed by atoms with Crippen molar-refractivity contribution in [2.24, 2.45) is 0 Å². The SMILES string of the molecule is CC(C)(C)c1cc(C(C)(C)C)c(C#[P+][P-]c2c(C(C)(C)C)cc(C(C)(C)C)cc2C(C)(C)C)c(C(C)(C)C)c1. The number of hydrogen-bond acceptors (Lipinski definition) is 0. The van der Waals surface area contributed by atoms with Crippen LogP contribution in [0.15, 0.2) is 24.3 Å². The first-order valence-corrected chi connectivity index (χ1v) is 17.2. The van der Waals surface area contributed by atoms with Gasteiger partial charge in [-0.25, -0.2) is 0 Å². The van der Waals surface area contributed by atoms with Gasteiger partial charge in [-0.15, -0.1) is 0 Å². The average molecular weight is 565 g/mol. The zero-order valence-electron chi connectivity index (χ0n) is 28.7. The molecule has 0 spiro atoms. The molecule has 2 heteroatoms. The van der Waals surface area contributed by atoms with Crippen LogP contribution in [-0.2, 0) is 32.5 Å². The van der Waals surface area contributed by atoms with Crippen molar-refractivity contribution >= 4 is 21.3 Å². The van der Waals surface area contributed by atoms with Crippen molar-refractivity contribution in [3.8, 4) is 5.63 Å². The van der Waals surface area contributed by atoms with Gasteiger partial charge in [0.1, 0.15) is 0 Å². The van der Waals surface area contributed by atoms with Gasteiger partial charge < -0.3 is 0 Å². The topological polar surface area (TPSA) is 0 Å². The fourth-order valence-electron chi connectivity index (χ4n) is 4.82. The van der Waals surface area contributed by atoms with E-state index in [-0.39, 0.29) is 32.5 Å². The first-order chi connectivity index (χ1) is 17.1. The van der Waals surface area contributed by atoms with E-state index in [4.69, 9.17) is 0 Å². The van der Waals surface area contributed by atoms with Crippen molar-refractivity contribution in [1.29, 1.82) is 0 Å². The Morgan fingerprint density at radius 1 is 0.436 bits per heavy atom. The van der Waals surface area contributed by atoms with Gasteiger partial charge in [0, 0.05) is 0 Å². The molecule has 0 aromatic heterocycles. The Hall–Kier alpha value is -0.920. The summed E-state index contributed by atoms with van der Waals surface area (Å²) >= 11 is 0. The maximum atomic E-state index is 3.98. The van der Waals surface area contributed by atoms with E-state index in [1.54, 1.807) is 0 Å². The average Bonchev–Trinajstić information content (AvgIpc) is 2.68. The van der Waals surface area contributed by atoms with Crippen molar-refractivity contribution in [1.82, 2.24) is 0 Å². The molecule has 0 aliphatic carbocycles. The van der Waals surface area contributed by atoms with Crippen molar-refractivity contribution in [2.45, 2.75) is 157 Å². The summed E-state index contributed by atoms with van der Waals surface area (Å²) in [5.41, 5.74) is 14.4. The molecule has 0 amide bonds. The minimum absolute atomic E-state index is 0.0392. The Labute approximate surface area is 246 Å². The fourth-order valence-corrected chi connectivity index (χ4v) is 7.72. The van der Waals surface area contributed by atoms with Crippen LogP contribution >= 0.6 is 16.0 Å². The fraction of sp³-hybridized carbons (Fsp3) is 0.649. The Balaban J connectivity index is 2.91. The van der Waals surface area contributed by atoms with Crippen LogP contribution in [0, 0.1) is 5.63 Å². The molecule has 0 unspecified atom stereocenters. The Bertz CT molecular complexity index is 1180. The van der Waals surface area contributed by atoms with Crippen molar-refractivity contribution in [3.63, 3.8) is 0 Å². The Kier molecular flexibility index (Phi) is 9.72. The van der Waals surface area contributed by atoms with E-state index in [9.17, 15) is 0 Å². The summed E-state index contributed by atoms with van der Waals surface area (Å²) in [4.78, 5) is 0. The summed E-state index contributed by atoms with van der Waals surface area (Å²) in [5, 5.41) is 1.48. The van der Waals surface area contributed by atoms with Crippen LogP contribution in [0.5, 0.6) is 0 Å². The molecule has 0 N–H and O–H groups in total. The second-order valence-electron chi connectivity index (χ2n) is 17.7. The molecular weight excluding hydrogens is 506 g/mol. The summed E-state index contributed by atoms with van der Waals surface area (Å²) in [7, 11) is 2.51. The van der Waals surface area contributed by atoms with E-state index in [0.717, 1.165) is 0 Å². The molecule has 2 aromatic rings. The van der Waals surface area contributed by atoms with E-state index in [1.807, 2.05) is 0 Å². The van der Waals surface area contributed by atoms with Gasteiger partial charge in [0.2, 0.25) is 0 Å².